The molecular formula is C17H34N4. The average molecular weight is 294 g/mol. The van der Waals surface area contributed by atoms with Gasteiger partial charge in [-0.2, -0.15) is 0 Å². The van der Waals surface area contributed by atoms with Gasteiger partial charge in [0.2, 0.25) is 0 Å². The molecule has 2 saturated carbocycles. The van der Waals surface area contributed by atoms with E-state index in [1.165, 1.54) is 25.7 Å². The van der Waals surface area contributed by atoms with E-state index in [2.05, 4.69) is 48.2 Å². The normalized spacial score (nSPS) is 21.2. The fourth-order valence-corrected chi connectivity index (χ4v) is 3.48. The highest BCUT2D eigenvalue weighted by molar-refractivity contribution is 5.79. The predicted octanol–water partition coefficient (Wildman–Crippen LogP) is 2.46. The van der Waals surface area contributed by atoms with Crippen molar-refractivity contribution in [3.63, 3.8) is 0 Å². The molecule has 0 atom stereocenters. The molecule has 0 bridgehead atoms. The van der Waals surface area contributed by atoms with E-state index in [1.54, 1.807) is 0 Å². The molecule has 2 N–H and O–H groups in total. The molecule has 2 fully saturated rings. The van der Waals surface area contributed by atoms with Crippen LogP contribution in [-0.2, 0) is 0 Å². The maximum Gasteiger partial charge on any atom is 0.191 e. The van der Waals surface area contributed by atoms with Gasteiger partial charge < -0.3 is 10.6 Å². The summed E-state index contributed by atoms with van der Waals surface area (Å²) in [7, 11) is 1.87. The fraction of sp³-hybridized carbons (Fsp3) is 0.941. The molecule has 2 aliphatic rings. The molecule has 0 aromatic carbocycles. The number of nitrogens with zero attached hydrogens (tertiary/aromatic N) is 2. The molecule has 122 valence electrons. The molecule has 4 heteroatoms. The molecule has 0 amide bonds. The third kappa shape index (κ3) is 4.60. The molecule has 0 aromatic heterocycles. The molecule has 0 aromatic rings. The molecule has 0 saturated heterocycles. The number of hydrogen-bond acceptors (Lipinski definition) is 2. The quantitative estimate of drug-likeness (QED) is 0.533. The van der Waals surface area contributed by atoms with Gasteiger partial charge in [0.15, 0.2) is 5.96 Å². The van der Waals surface area contributed by atoms with Crippen molar-refractivity contribution in [1.29, 1.82) is 0 Å². The third-order valence-corrected chi connectivity index (χ3v) is 5.16. The van der Waals surface area contributed by atoms with E-state index >= 15 is 0 Å². The van der Waals surface area contributed by atoms with Crippen molar-refractivity contribution in [1.82, 2.24) is 15.5 Å². The van der Waals surface area contributed by atoms with Crippen LogP contribution in [0, 0.1) is 11.3 Å². The zero-order valence-electron chi connectivity index (χ0n) is 14.6. The van der Waals surface area contributed by atoms with Crippen LogP contribution in [0.2, 0.25) is 0 Å². The van der Waals surface area contributed by atoms with Crippen molar-refractivity contribution in [2.75, 3.05) is 26.7 Å². The number of nitrogens with one attached hydrogen (secondary N) is 2. The topological polar surface area (TPSA) is 39.7 Å². The molecule has 2 rings (SSSR count). The molecule has 2 aliphatic carbocycles. The SMILES string of the molecule is CN=C(NCCN(C(C)C)C(C)C)NCC1(C2CC2)CC1. The molecular weight excluding hydrogens is 260 g/mol. The second-order valence-corrected chi connectivity index (χ2v) is 7.41. The molecule has 0 heterocycles. The minimum absolute atomic E-state index is 0.589. The molecule has 0 radical (unpaired) electrons. The lowest BCUT2D eigenvalue weighted by Crippen LogP contribution is -2.46. The van der Waals surface area contributed by atoms with Crippen LogP contribution < -0.4 is 10.6 Å². The summed E-state index contributed by atoms with van der Waals surface area (Å²) >= 11 is 0. The number of guanidine groups is 1. The summed E-state index contributed by atoms with van der Waals surface area (Å²) in [5.74, 6) is 1.97. The molecule has 0 unspecified atom stereocenters. The first-order chi connectivity index (χ1) is 9.98. The lowest BCUT2D eigenvalue weighted by molar-refractivity contribution is 0.178. The third-order valence-electron chi connectivity index (χ3n) is 5.16. The van der Waals surface area contributed by atoms with E-state index < -0.39 is 0 Å². The minimum Gasteiger partial charge on any atom is -0.356 e. The summed E-state index contributed by atoms with van der Waals surface area (Å²) in [6.45, 7) is 12.2. The Morgan fingerprint density at radius 3 is 2.19 bits per heavy atom. The first kappa shape index (κ1) is 16.6. The van der Waals surface area contributed by atoms with Crippen molar-refractivity contribution in [3.8, 4) is 0 Å². The minimum atomic E-state index is 0.589. The van der Waals surface area contributed by atoms with Gasteiger partial charge in [-0.3, -0.25) is 9.89 Å². The van der Waals surface area contributed by atoms with E-state index in [0.717, 1.165) is 31.5 Å². The van der Waals surface area contributed by atoms with Crippen molar-refractivity contribution in [2.24, 2.45) is 16.3 Å². The monoisotopic (exact) mass is 294 g/mol. The zero-order valence-corrected chi connectivity index (χ0v) is 14.6. The van der Waals surface area contributed by atoms with Crippen LogP contribution in [0.15, 0.2) is 4.99 Å². The second-order valence-electron chi connectivity index (χ2n) is 7.41. The lowest BCUT2D eigenvalue weighted by Gasteiger charge is -2.30. The number of rotatable bonds is 8. The van der Waals surface area contributed by atoms with Crippen LogP contribution >= 0.6 is 0 Å². The maximum absolute atomic E-state index is 4.36. The van der Waals surface area contributed by atoms with Crippen LogP contribution in [0.4, 0.5) is 0 Å². The first-order valence-corrected chi connectivity index (χ1v) is 8.69. The highest BCUT2D eigenvalue weighted by atomic mass is 15.2. The van der Waals surface area contributed by atoms with Crippen LogP contribution in [-0.4, -0.2) is 49.6 Å². The zero-order chi connectivity index (χ0) is 15.5. The Morgan fingerprint density at radius 1 is 1.14 bits per heavy atom. The van der Waals surface area contributed by atoms with Gasteiger partial charge in [0, 0.05) is 38.8 Å². The summed E-state index contributed by atoms with van der Waals surface area (Å²) in [5.41, 5.74) is 0.625. The Bertz CT molecular complexity index is 346. The Kier molecular flexibility index (Phi) is 5.53. The molecule has 0 aliphatic heterocycles. The van der Waals surface area contributed by atoms with Crippen molar-refractivity contribution in [3.05, 3.63) is 0 Å². The second kappa shape index (κ2) is 6.99. The highest BCUT2D eigenvalue weighted by Crippen LogP contribution is 2.60. The Hall–Kier alpha value is -0.770. The van der Waals surface area contributed by atoms with Gasteiger partial charge in [-0.25, -0.2) is 0 Å². The van der Waals surface area contributed by atoms with Gasteiger partial charge in [-0.15, -0.1) is 0 Å². The van der Waals surface area contributed by atoms with Gasteiger partial charge in [0.1, 0.15) is 0 Å². The Morgan fingerprint density at radius 2 is 1.76 bits per heavy atom. The largest absolute Gasteiger partial charge is 0.356 e. The van der Waals surface area contributed by atoms with E-state index in [-0.39, 0.29) is 0 Å². The van der Waals surface area contributed by atoms with Gasteiger partial charge in [0.25, 0.3) is 0 Å². The number of aliphatic imine (C=N–C) groups is 1. The molecule has 4 nitrogen and oxygen atoms in total. The van der Waals surface area contributed by atoms with E-state index in [0.29, 0.717) is 17.5 Å². The van der Waals surface area contributed by atoms with Crippen LogP contribution in [0.5, 0.6) is 0 Å². The Labute approximate surface area is 130 Å². The summed E-state index contributed by atoms with van der Waals surface area (Å²) in [6, 6.07) is 1.18. The van der Waals surface area contributed by atoms with Crippen molar-refractivity contribution in [2.45, 2.75) is 65.5 Å². The lowest BCUT2D eigenvalue weighted by atomic mass is 10.0. The van der Waals surface area contributed by atoms with E-state index in [9.17, 15) is 0 Å². The van der Waals surface area contributed by atoms with Crippen LogP contribution in [0.25, 0.3) is 0 Å². The molecule has 21 heavy (non-hydrogen) atoms. The van der Waals surface area contributed by atoms with Crippen molar-refractivity contribution >= 4 is 5.96 Å². The smallest absolute Gasteiger partial charge is 0.191 e. The van der Waals surface area contributed by atoms with Crippen LogP contribution in [0.1, 0.15) is 53.4 Å². The van der Waals surface area contributed by atoms with Gasteiger partial charge in [-0.05, 0) is 64.7 Å². The molecule has 0 spiro atoms. The van der Waals surface area contributed by atoms with Gasteiger partial charge in [0.05, 0.1) is 0 Å². The summed E-state index contributed by atoms with van der Waals surface area (Å²) in [6.07, 6.45) is 5.73. The summed E-state index contributed by atoms with van der Waals surface area (Å²) in [5, 5.41) is 7.01. The fourth-order valence-electron chi connectivity index (χ4n) is 3.48. The maximum atomic E-state index is 4.36. The highest BCUT2D eigenvalue weighted by Gasteiger charge is 2.53. The predicted molar refractivity (Wildman–Crippen MR) is 90.7 cm³/mol. The van der Waals surface area contributed by atoms with Crippen LogP contribution in [0.3, 0.4) is 0 Å². The standard InChI is InChI=1S/C17H34N4/c1-13(2)21(14(3)4)11-10-19-16(18-5)20-12-17(8-9-17)15-6-7-15/h13-15H,6-12H2,1-5H3,(H2,18,19,20). The average Bonchev–Trinajstić information content (AvgIpc) is 3.28. The summed E-state index contributed by atoms with van der Waals surface area (Å²) < 4.78 is 0. The van der Waals surface area contributed by atoms with Gasteiger partial charge >= 0.3 is 0 Å². The summed E-state index contributed by atoms with van der Waals surface area (Å²) in [4.78, 5) is 6.87. The van der Waals surface area contributed by atoms with E-state index in [4.69, 9.17) is 0 Å². The number of hydrogen-bond donors (Lipinski definition) is 2. The van der Waals surface area contributed by atoms with Gasteiger partial charge in [-0.1, -0.05) is 0 Å². The van der Waals surface area contributed by atoms with Crippen molar-refractivity contribution < 1.29 is 0 Å². The Balaban J connectivity index is 1.68. The van der Waals surface area contributed by atoms with E-state index in [1.807, 2.05) is 7.05 Å². The first-order valence-electron chi connectivity index (χ1n) is 8.69.